The lowest BCUT2D eigenvalue weighted by Gasteiger charge is -2.10. The zero-order chi connectivity index (χ0) is 18.4. The van der Waals surface area contributed by atoms with Crippen LogP contribution in [0.1, 0.15) is 17.5 Å². The van der Waals surface area contributed by atoms with Gasteiger partial charge in [0.15, 0.2) is 0 Å². The molecule has 0 atom stereocenters. The van der Waals surface area contributed by atoms with Gasteiger partial charge in [0.05, 0.1) is 23.0 Å². The van der Waals surface area contributed by atoms with Gasteiger partial charge < -0.3 is 15.1 Å². The summed E-state index contributed by atoms with van der Waals surface area (Å²) in [6, 6.07) is 3.87. The minimum atomic E-state index is -4.67. The van der Waals surface area contributed by atoms with Crippen LogP contribution < -0.4 is 10.6 Å². The molecule has 1 aromatic carbocycles. The molecule has 0 aliphatic carbocycles. The molecule has 134 valence electrons. The summed E-state index contributed by atoms with van der Waals surface area (Å²) in [7, 11) is 0. The molecule has 10 heteroatoms. The average Bonchev–Trinajstić information content (AvgIpc) is 3.05. The van der Waals surface area contributed by atoms with Gasteiger partial charge in [-0.15, -0.1) is 0 Å². The predicted octanol–water partition coefficient (Wildman–Crippen LogP) is 3.33. The molecule has 25 heavy (non-hydrogen) atoms. The smallest absolute Gasteiger partial charge is 0.416 e. The van der Waals surface area contributed by atoms with Crippen LogP contribution in [0.2, 0.25) is 0 Å². The summed E-state index contributed by atoms with van der Waals surface area (Å²) in [5.41, 5.74) is -1.11. The van der Waals surface area contributed by atoms with E-state index in [0.717, 1.165) is 17.7 Å². The summed E-state index contributed by atoms with van der Waals surface area (Å²) >= 11 is 0. The van der Waals surface area contributed by atoms with Crippen molar-refractivity contribution in [1.29, 1.82) is 0 Å². The fraction of sp³-hybridized carbons (Fsp3) is 0.267. The zero-order valence-electron chi connectivity index (χ0n) is 12.8. The number of benzene rings is 1. The van der Waals surface area contributed by atoms with Crippen LogP contribution in [-0.2, 0) is 17.5 Å². The fourth-order valence-corrected chi connectivity index (χ4v) is 2.00. The summed E-state index contributed by atoms with van der Waals surface area (Å²) in [6.07, 6.45) is -1.73. The highest BCUT2D eigenvalue weighted by Gasteiger charge is 2.33. The normalized spacial score (nSPS) is 11.2. The van der Waals surface area contributed by atoms with E-state index in [1.165, 1.54) is 12.5 Å². The van der Waals surface area contributed by atoms with E-state index in [1.807, 2.05) is 0 Å². The van der Waals surface area contributed by atoms with Crippen LogP contribution in [0.5, 0.6) is 0 Å². The van der Waals surface area contributed by atoms with E-state index in [9.17, 15) is 28.1 Å². The first-order valence-electron chi connectivity index (χ1n) is 7.14. The van der Waals surface area contributed by atoms with Gasteiger partial charge in [0.25, 0.3) is 5.69 Å². The molecule has 1 amide bonds. The van der Waals surface area contributed by atoms with E-state index >= 15 is 0 Å². The van der Waals surface area contributed by atoms with E-state index in [1.54, 1.807) is 6.07 Å². The number of nitro groups is 1. The molecule has 1 heterocycles. The van der Waals surface area contributed by atoms with Crippen LogP contribution >= 0.6 is 0 Å². The molecule has 7 nitrogen and oxygen atoms in total. The molecule has 0 fully saturated rings. The van der Waals surface area contributed by atoms with Gasteiger partial charge in [0.2, 0.25) is 5.91 Å². The third-order valence-electron chi connectivity index (χ3n) is 3.26. The van der Waals surface area contributed by atoms with E-state index in [-0.39, 0.29) is 31.1 Å². The highest BCUT2D eigenvalue weighted by atomic mass is 19.4. The molecule has 0 aliphatic heterocycles. The minimum absolute atomic E-state index is 0.00394. The van der Waals surface area contributed by atoms with Crippen molar-refractivity contribution in [3.63, 3.8) is 0 Å². The number of furan rings is 1. The summed E-state index contributed by atoms with van der Waals surface area (Å²) in [6.45, 7) is 0.305. The van der Waals surface area contributed by atoms with E-state index in [0.29, 0.717) is 6.07 Å². The van der Waals surface area contributed by atoms with Gasteiger partial charge in [0, 0.05) is 31.1 Å². The molecule has 1 aromatic heterocycles. The largest absolute Gasteiger partial charge is 0.472 e. The number of nitrogens with zero attached hydrogens (tertiary/aromatic N) is 1. The number of nitrogens with one attached hydrogen (secondary N) is 2. The predicted molar refractivity (Wildman–Crippen MR) is 81.8 cm³/mol. The third kappa shape index (κ3) is 5.23. The van der Waals surface area contributed by atoms with Crippen LogP contribution in [-0.4, -0.2) is 17.4 Å². The van der Waals surface area contributed by atoms with Gasteiger partial charge in [-0.05, 0) is 18.2 Å². The maximum Gasteiger partial charge on any atom is 0.416 e. The summed E-state index contributed by atoms with van der Waals surface area (Å²) in [4.78, 5) is 21.7. The number of hydrogen-bond acceptors (Lipinski definition) is 5. The number of alkyl halides is 3. The lowest BCUT2D eigenvalue weighted by Crippen LogP contribution is -2.24. The molecule has 0 saturated carbocycles. The lowest BCUT2D eigenvalue weighted by molar-refractivity contribution is -0.384. The molecule has 2 N–H and O–H groups in total. The van der Waals surface area contributed by atoms with Gasteiger partial charge in [-0.3, -0.25) is 14.9 Å². The van der Waals surface area contributed by atoms with Crippen LogP contribution in [0, 0.1) is 10.1 Å². The van der Waals surface area contributed by atoms with Crippen LogP contribution in [0.25, 0.3) is 0 Å². The van der Waals surface area contributed by atoms with Crippen molar-refractivity contribution in [2.45, 2.75) is 19.1 Å². The molecular formula is C15H14F3N3O4. The molecule has 0 aliphatic rings. The number of carbonyl (C=O) groups excluding carboxylic acids is 1. The molecular weight excluding hydrogens is 343 g/mol. The molecule has 2 aromatic rings. The quantitative estimate of drug-likeness (QED) is 0.585. The van der Waals surface area contributed by atoms with Crippen LogP contribution in [0.4, 0.5) is 24.5 Å². The Bertz CT molecular complexity index is 745. The summed E-state index contributed by atoms with van der Waals surface area (Å²) < 4.78 is 42.7. The van der Waals surface area contributed by atoms with E-state index in [4.69, 9.17) is 4.42 Å². The van der Waals surface area contributed by atoms with Gasteiger partial charge in [-0.25, -0.2) is 0 Å². The van der Waals surface area contributed by atoms with Crippen molar-refractivity contribution in [2.75, 3.05) is 11.9 Å². The van der Waals surface area contributed by atoms with Crippen molar-refractivity contribution in [3.05, 3.63) is 58.0 Å². The molecule has 0 spiro atoms. The van der Waals surface area contributed by atoms with Crippen LogP contribution in [0.3, 0.4) is 0 Å². The Morgan fingerprint density at radius 1 is 1.28 bits per heavy atom. The number of carbonyl (C=O) groups is 1. The second-order valence-corrected chi connectivity index (χ2v) is 5.07. The number of anilines is 1. The van der Waals surface area contributed by atoms with E-state index < -0.39 is 22.4 Å². The monoisotopic (exact) mass is 357 g/mol. The molecule has 0 radical (unpaired) electrons. The second-order valence-electron chi connectivity index (χ2n) is 5.07. The topological polar surface area (TPSA) is 97.4 Å². The van der Waals surface area contributed by atoms with Gasteiger partial charge in [-0.2, -0.15) is 13.2 Å². The van der Waals surface area contributed by atoms with Gasteiger partial charge >= 0.3 is 6.18 Å². The number of rotatable bonds is 7. The SMILES string of the molecule is O=C(CCNc1ccc(C(F)(F)F)cc1[N+](=O)[O-])NCc1ccoc1. The third-order valence-corrected chi connectivity index (χ3v) is 3.26. The Morgan fingerprint density at radius 2 is 2.04 bits per heavy atom. The number of hydrogen-bond donors (Lipinski definition) is 2. The Hall–Kier alpha value is -3.04. The average molecular weight is 357 g/mol. The standard InChI is InChI=1S/C15H14F3N3O4/c16-15(17,18)11-1-2-12(13(7-11)21(23)24)19-5-3-14(22)20-8-10-4-6-25-9-10/h1-2,4,6-7,9,19H,3,5,8H2,(H,20,22). The Labute approximate surface area is 140 Å². The van der Waals surface area contributed by atoms with E-state index in [2.05, 4.69) is 10.6 Å². The second kappa shape index (κ2) is 7.69. The van der Waals surface area contributed by atoms with Crippen molar-refractivity contribution in [3.8, 4) is 0 Å². The summed E-state index contributed by atoms with van der Waals surface area (Å²) in [5.74, 6) is -0.316. The number of nitro benzene ring substituents is 1. The number of halogens is 3. The van der Waals surface area contributed by atoms with Gasteiger partial charge in [0.1, 0.15) is 5.69 Å². The molecule has 0 saturated heterocycles. The molecule has 0 bridgehead atoms. The summed E-state index contributed by atoms with van der Waals surface area (Å²) in [5, 5.41) is 16.2. The highest BCUT2D eigenvalue weighted by Crippen LogP contribution is 2.34. The van der Waals surface area contributed by atoms with Crippen molar-refractivity contribution in [1.82, 2.24) is 5.32 Å². The van der Waals surface area contributed by atoms with Crippen molar-refractivity contribution < 1.29 is 27.3 Å². The molecule has 0 unspecified atom stereocenters. The Kier molecular flexibility index (Phi) is 5.63. The Balaban J connectivity index is 1.91. The molecule has 2 rings (SSSR count). The lowest BCUT2D eigenvalue weighted by atomic mass is 10.1. The van der Waals surface area contributed by atoms with Gasteiger partial charge in [-0.1, -0.05) is 0 Å². The first-order chi connectivity index (χ1) is 11.8. The Morgan fingerprint density at radius 3 is 2.64 bits per heavy atom. The van der Waals surface area contributed by atoms with Crippen molar-refractivity contribution >= 4 is 17.3 Å². The fourth-order valence-electron chi connectivity index (χ4n) is 2.00. The van der Waals surface area contributed by atoms with Crippen LogP contribution in [0.15, 0.2) is 41.2 Å². The highest BCUT2D eigenvalue weighted by molar-refractivity contribution is 5.76. The maximum atomic E-state index is 12.6. The maximum absolute atomic E-state index is 12.6. The number of amides is 1. The zero-order valence-corrected chi connectivity index (χ0v) is 12.8. The first-order valence-corrected chi connectivity index (χ1v) is 7.14. The first kappa shape index (κ1) is 18.3. The van der Waals surface area contributed by atoms with Crippen molar-refractivity contribution in [2.24, 2.45) is 0 Å². The minimum Gasteiger partial charge on any atom is -0.472 e.